The van der Waals surface area contributed by atoms with Crippen LogP contribution in [0, 0.1) is 0 Å². The van der Waals surface area contributed by atoms with Crippen LogP contribution in [0.3, 0.4) is 0 Å². The maximum absolute atomic E-state index is 12.1. The average Bonchev–Trinajstić information content (AvgIpc) is 3.08. The monoisotopic (exact) mass is 306 g/mol. The van der Waals surface area contributed by atoms with E-state index in [0.29, 0.717) is 5.02 Å². The van der Waals surface area contributed by atoms with Gasteiger partial charge in [0.05, 0.1) is 4.91 Å². The molecule has 104 valence electrons. The SMILES string of the molecule is CC(=C1SC(N2CCCC2)=NC1=O)c1ccc(Cl)cc1. The highest BCUT2D eigenvalue weighted by Gasteiger charge is 2.29. The smallest absolute Gasteiger partial charge is 0.286 e. The molecule has 2 aliphatic heterocycles. The van der Waals surface area contributed by atoms with Gasteiger partial charge in [-0.3, -0.25) is 4.79 Å². The Kier molecular flexibility index (Phi) is 3.85. The van der Waals surface area contributed by atoms with Crippen LogP contribution in [0.5, 0.6) is 0 Å². The molecule has 0 atom stereocenters. The van der Waals surface area contributed by atoms with Gasteiger partial charge in [-0.1, -0.05) is 23.7 Å². The van der Waals surface area contributed by atoms with Gasteiger partial charge >= 0.3 is 0 Å². The number of benzene rings is 1. The van der Waals surface area contributed by atoms with Crippen molar-refractivity contribution < 1.29 is 4.79 Å². The average molecular weight is 307 g/mol. The van der Waals surface area contributed by atoms with Crippen molar-refractivity contribution in [2.45, 2.75) is 19.8 Å². The molecule has 20 heavy (non-hydrogen) atoms. The first kappa shape index (κ1) is 13.7. The number of halogens is 1. The molecule has 0 saturated carbocycles. The number of carbonyl (C=O) groups excluding carboxylic acids is 1. The van der Waals surface area contributed by atoms with Gasteiger partial charge in [-0.05, 0) is 54.8 Å². The lowest BCUT2D eigenvalue weighted by Gasteiger charge is -2.15. The van der Waals surface area contributed by atoms with Crippen LogP contribution in [0.2, 0.25) is 5.02 Å². The molecule has 1 aromatic rings. The first-order valence-electron chi connectivity index (χ1n) is 6.68. The first-order valence-corrected chi connectivity index (χ1v) is 7.87. The highest BCUT2D eigenvalue weighted by Crippen LogP contribution is 2.35. The number of allylic oxidation sites excluding steroid dienone is 1. The van der Waals surface area contributed by atoms with Gasteiger partial charge in [-0.25, -0.2) is 0 Å². The molecule has 0 unspecified atom stereocenters. The lowest BCUT2D eigenvalue weighted by Crippen LogP contribution is -2.23. The predicted molar refractivity (Wildman–Crippen MR) is 84.9 cm³/mol. The number of rotatable bonds is 1. The van der Waals surface area contributed by atoms with Crippen molar-refractivity contribution in [1.82, 2.24) is 4.90 Å². The van der Waals surface area contributed by atoms with Crippen molar-refractivity contribution >= 4 is 40.0 Å². The fourth-order valence-electron chi connectivity index (χ4n) is 2.41. The van der Waals surface area contributed by atoms with Crippen LogP contribution < -0.4 is 0 Å². The number of thioether (sulfide) groups is 1. The summed E-state index contributed by atoms with van der Waals surface area (Å²) in [5, 5.41) is 1.56. The standard InChI is InChI=1S/C15H15ClN2OS/c1-10(11-4-6-12(16)7-5-11)13-14(19)17-15(20-13)18-8-2-3-9-18/h4-7H,2-3,8-9H2,1H3. The summed E-state index contributed by atoms with van der Waals surface area (Å²) in [6.07, 6.45) is 2.37. The molecule has 0 radical (unpaired) electrons. The van der Waals surface area contributed by atoms with Gasteiger partial charge in [0.15, 0.2) is 5.17 Å². The quantitative estimate of drug-likeness (QED) is 0.740. The Morgan fingerprint density at radius 3 is 2.55 bits per heavy atom. The highest BCUT2D eigenvalue weighted by atomic mass is 35.5. The third-order valence-corrected chi connectivity index (χ3v) is 5.05. The molecule has 5 heteroatoms. The van der Waals surface area contributed by atoms with E-state index in [1.807, 2.05) is 31.2 Å². The Hall–Kier alpha value is -1.26. The van der Waals surface area contributed by atoms with Crippen molar-refractivity contribution in [1.29, 1.82) is 0 Å². The maximum atomic E-state index is 12.1. The van der Waals surface area contributed by atoms with Gasteiger partial charge < -0.3 is 4.90 Å². The Morgan fingerprint density at radius 2 is 1.90 bits per heavy atom. The molecule has 0 aromatic heterocycles. The van der Waals surface area contributed by atoms with E-state index in [2.05, 4.69) is 9.89 Å². The van der Waals surface area contributed by atoms with Crippen molar-refractivity contribution in [3.8, 4) is 0 Å². The third kappa shape index (κ3) is 2.63. The second kappa shape index (κ2) is 5.62. The molecule has 2 heterocycles. The predicted octanol–water partition coefficient (Wildman–Crippen LogP) is 3.80. The molecule has 1 saturated heterocycles. The van der Waals surface area contributed by atoms with Crippen LogP contribution in [0.4, 0.5) is 0 Å². The van der Waals surface area contributed by atoms with Crippen LogP contribution in [0.15, 0.2) is 34.2 Å². The van der Waals surface area contributed by atoms with Crippen molar-refractivity contribution in [2.24, 2.45) is 4.99 Å². The van der Waals surface area contributed by atoms with E-state index in [-0.39, 0.29) is 5.91 Å². The van der Waals surface area contributed by atoms with Gasteiger partial charge in [-0.2, -0.15) is 4.99 Å². The van der Waals surface area contributed by atoms with Crippen LogP contribution in [0.1, 0.15) is 25.3 Å². The molecule has 0 spiro atoms. The van der Waals surface area contributed by atoms with E-state index >= 15 is 0 Å². The zero-order valence-electron chi connectivity index (χ0n) is 11.2. The molecule has 1 amide bonds. The van der Waals surface area contributed by atoms with E-state index in [0.717, 1.165) is 34.3 Å². The lowest BCUT2D eigenvalue weighted by atomic mass is 10.1. The second-order valence-corrected chi connectivity index (χ2v) is 6.37. The normalized spacial score (nSPS) is 21.4. The van der Waals surface area contributed by atoms with Gasteiger partial charge in [0.2, 0.25) is 0 Å². The molecule has 2 aliphatic rings. The summed E-state index contributed by atoms with van der Waals surface area (Å²) in [4.78, 5) is 19.2. The van der Waals surface area contributed by atoms with Crippen molar-refractivity contribution in [2.75, 3.05) is 13.1 Å². The number of amides is 1. The maximum Gasteiger partial charge on any atom is 0.286 e. The van der Waals surface area contributed by atoms with Crippen LogP contribution >= 0.6 is 23.4 Å². The molecule has 0 N–H and O–H groups in total. The Balaban J connectivity index is 1.85. The summed E-state index contributed by atoms with van der Waals surface area (Å²) in [6.45, 7) is 3.98. The number of aliphatic imine (C=N–C) groups is 1. The zero-order chi connectivity index (χ0) is 14.1. The summed E-state index contributed by atoms with van der Waals surface area (Å²) >= 11 is 7.39. The van der Waals surface area contributed by atoms with Gasteiger partial charge in [0, 0.05) is 18.1 Å². The second-order valence-electron chi connectivity index (χ2n) is 4.96. The topological polar surface area (TPSA) is 32.7 Å². The van der Waals surface area contributed by atoms with E-state index in [4.69, 9.17) is 11.6 Å². The number of amidine groups is 1. The zero-order valence-corrected chi connectivity index (χ0v) is 12.8. The van der Waals surface area contributed by atoms with Crippen molar-refractivity contribution in [3.63, 3.8) is 0 Å². The number of carbonyl (C=O) groups is 1. The van der Waals surface area contributed by atoms with Crippen LogP contribution in [0.25, 0.3) is 5.57 Å². The summed E-state index contributed by atoms with van der Waals surface area (Å²) < 4.78 is 0. The summed E-state index contributed by atoms with van der Waals surface area (Å²) in [6, 6.07) is 7.55. The molecule has 0 bridgehead atoms. The summed E-state index contributed by atoms with van der Waals surface area (Å²) in [7, 11) is 0. The molecule has 3 rings (SSSR count). The van der Waals surface area contributed by atoms with Crippen molar-refractivity contribution in [3.05, 3.63) is 39.8 Å². The van der Waals surface area contributed by atoms with Gasteiger partial charge in [0.1, 0.15) is 0 Å². The summed E-state index contributed by atoms with van der Waals surface area (Å²) in [5.74, 6) is -0.121. The summed E-state index contributed by atoms with van der Waals surface area (Å²) in [5.41, 5.74) is 1.98. The lowest BCUT2D eigenvalue weighted by molar-refractivity contribution is -0.113. The number of nitrogens with zero attached hydrogens (tertiary/aromatic N) is 2. The molecular weight excluding hydrogens is 292 g/mol. The minimum atomic E-state index is -0.121. The van der Waals surface area contributed by atoms with Gasteiger partial charge in [0.25, 0.3) is 5.91 Å². The Labute approximate surface area is 127 Å². The fourth-order valence-corrected chi connectivity index (χ4v) is 3.56. The van der Waals surface area contributed by atoms with Crippen LogP contribution in [-0.4, -0.2) is 29.1 Å². The number of hydrogen-bond donors (Lipinski definition) is 0. The molecule has 1 fully saturated rings. The Morgan fingerprint density at radius 1 is 1.25 bits per heavy atom. The fraction of sp³-hybridized carbons (Fsp3) is 0.333. The molecule has 3 nitrogen and oxygen atoms in total. The van der Waals surface area contributed by atoms with E-state index in [9.17, 15) is 4.79 Å². The highest BCUT2D eigenvalue weighted by molar-refractivity contribution is 8.18. The largest absolute Gasteiger partial charge is 0.351 e. The van der Waals surface area contributed by atoms with E-state index in [1.54, 1.807) is 0 Å². The molecule has 0 aliphatic carbocycles. The van der Waals surface area contributed by atoms with Gasteiger partial charge in [-0.15, -0.1) is 0 Å². The minimum absolute atomic E-state index is 0.121. The van der Waals surface area contributed by atoms with E-state index < -0.39 is 0 Å². The number of hydrogen-bond acceptors (Lipinski definition) is 3. The molecular formula is C15H15ClN2OS. The first-order chi connectivity index (χ1) is 9.65. The minimum Gasteiger partial charge on any atom is -0.351 e. The number of likely N-dealkylation sites (tertiary alicyclic amines) is 1. The van der Waals surface area contributed by atoms with E-state index in [1.165, 1.54) is 24.6 Å². The third-order valence-electron chi connectivity index (χ3n) is 3.58. The Bertz CT molecular complexity index is 601. The van der Waals surface area contributed by atoms with Crippen LogP contribution in [-0.2, 0) is 4.79 Å². The molecule has 1 aromatic carbocycles.